The number of nitrogens with one attached hydrogen (secondary N) is 1. The van der Waals surface area contributed by atoms with Gasteiger partial charge in [-0.3, -0.25) is 14.9 Å². The molecule has 174 valence electrons. The van der Waals surface area contributed by atoms with Gasteiger partial charge in [0, 0.05) is 10.4 Å². The maximum absolute atomic E-state index is 13.7. The molecule has 0 aliphatic heterocycles. The minimum absolute atomic E-state index is 0.106. The van der Waals surface area contributed by atoms with E-state index < -0.39 is 37.3 Å². The predicted molar refractivity (Wildman–Crippen MR) is 125 cm³/mol. The lowest BCUT2D eigenvalue weighted by Gasteiger charge is -2.12. The Morgan fingerprint density at radius 2 is 1.91 bits per heavy atom. The van der Waals surface area contributed by atoms with Crippen LogP contribution in [0.15, 0.2) is 55.6 Å². The number of ether oxygens (including phenoxy) is 2. The summed E-state index contributed by atoms with van der Waals surface area (Å²) in [5.41, 5.74) is -1.12. The fraction of sp³-hybridized carbons (Fsp3) is 0.105. The van der Waals surface area contributed by atoms with E-state index in [-0.39, 0.29) is 22.4 Å². The molecule has 1 amide bonds. The summed E-state index contributed by atoms with van der Waals surface area (Å²) in [4.78, 5) is 22.8. The molecular weight excluding hydrogens is 611 g/mol. The molecule has 0 spiro atoms. The summed E-state index contributed by atoms with van der Waals surface area (Å²) < 4.78 is 52.3. The van der Waals surface area contributed by atoms with Crippen LogP contribution in [-0.2, 0) is 16.6 Å². The first-order valence-electron chi connectivity index (χ1n) is 8.77. The molecule has 9 nitrogen and oxygen atoms in total. The molecule has 3 aromatic rings. The van der Waals surface area contributed by atoms with Gasteiger partial charge in [0.1, 0.15) is 12.4 Å². The van der Waals surface area contributed by atoms with E-state index in [1.54, 1.807) is 4.72 Å². The first-order valence-corrected chi connectivity index (χ1v) is 12.7. The van der Waals surface area contributed by atoms with Crippen molar-refractivity contribution in [3.05, 3.63) is 77.1 Å². The molecule has 3 rings (SSSR count). The third-order valence-corrected chi connectivity index (χ3v) is 7.70. The number of methoxy groups -OCH3 is 1. The fourth-order valence-electron chi connectivity index (χ4n) is 2.62. The molecule has 33 heavy (non-hydrogen) atoms. The van der Waals surface area contributed by atoms with Gasteiger partial charge >= 0.3 is 0 Å². The highest BCUT2D eigenvalue weighted by molar-refractivity contribution is 9.11. The van der Waals surface area contributed by atoms with Gasteiger partial charge in [-0.25, -0.2) is 17.5 Å². The van der Waals surface area contributed by atoms with Crippen LogP contribution in [0.2, 0.25) is 0 Å². The number of halogens is 3. The molecule has 1 aromatic heterocycles. The molecule has 14 heteroatoms. The predicted octanol–water partition coefficient (Wildman–Crippen LogP) is 5.03. The molecule has 1 heterocycles. The Bertz CT molecular complexity index is 1350. The zero-order chi connectivity index (χ0) is 24.3. The Hall–Kier alpha value is -2.55. The molecule has 0 fully saturated rings. The van der Waals surface area contributed by atoms with Crippen molar-refractivity contribution >= 4 is 64.8 Å². The molecule has 2 aromatic carbocycles. The van der Waals surface area contributed by atoms with Crippen LogP contribution in [0.4, 0.5) is 10.1 Å². The molecule has 0 radical (unpaired) electrons. The van der Waals surface area contributed by atoms with Crippen molar-refractivity contribution in [1.29, 1.82) is 0 Å². The monoisotopic (exact) mass is 622 g/mol. The Morgan fingerprint density at radius 1 is 1.18 bits per heavy atom. The van der Waals surface area contributed by atoms with Gasteiger partial charge in [-0.2, -0.15) is 0 Å². The van der Waals surface area contributed by atoms with Crippen LogP contribution < -0.4 is 14.2 Å². The molecule has 0 aliphatic rings. The average Bonchev–Trinajstić information content (AvgIpc) is 3.18. The van der Waals surface area contributed by atoms with Gasteiger partial charge in [-0.1, -0.05) is 0 Å². The third-order valence-electron chi connectivity index (χ3n) is 4.14. The number of carbonyl (C=O) groups is 1. The Morgan fingerprint density at radius 3 is 2.52 bits per heavy atom. The Labute approximate surface area is 208 Å². The second-order valence-electron chi connectivity index (χ2n) is 6.29. The lowest BCUT2D eigenvalue weighted by atomic mass is 10.2. The van der Waals surface area contributed by atoms with Gasteiger partial charge < -0.3 is 9.47 Å². The number of amides is 1. The second kappa shape index (κ2) is 10.2. The van der Waals surface area contributed by atoms with Crippen LogP contribution >= 0.6 is 43.2 Å². The van der Waals surface area contributed by atoms with E-state index >= 15 is 0 Å². The minimum atomic E-state index is -4.71. The van der Waals surface area contributed by atoms with Gasteiger partial charge in [0.25, 0.3) is 21.6 Å². The zero-order valence-corrected chi connectivity index (χ0v) is 21.3. The summed E-state index contributed by atoms with van der Waals surface area (Å²) in [5.74, 6) is -1.61. The van der Waals surface area contributed by atoms with E-state index in [1.807, 2.05) is 12.1 Å². The summed E-state index contributed by atoms with van der Waals surface area (Å²) in [5, 5.41) is 11.2. The molecule has 0 aliphatic carbocycles. The quantitative estimate of drug-likeness (QED) is 0.276. The summed E-state index contributed by atoms with van der Waals surface area (Å²) in [6.45, 7) is 0.246. The van der Waals surface area contributed by atoms with E-state index in [4.69, 9.17) is 9.47 Å². The van der Waals surface area contributed by atoms with Crippen LogP contribution in [0, 0.1) is 15.9 Å². The summed E-state index contributed by atoms with van der Waals surface area (Å²) in [6.07, 6.45) is 0. The van der Waals surface area contributed by atoms with Gasteiger partial charge in [0.15, 0.2) is 16.4 Å². The molecule has 0 bridgehead atoms. The SMILES string of the molecule is COc1cc(C(=O)NS(=O)(=O)c2cc(Br)c(F)cc2[N+](=O)[O-])ccc1OCc1ccc(Br)s1. The lowest BCUT2D eigenvalue weighted by Crippen LogP contribution is -2.31. The number of thiophene rings is 1. The maximum Gasteiger partial charge on any atom is 0.292 e. The van der Waals surface area contributed by atoms with Crippen molar-refractivity contribution < 1.29 is 32.0 Å². The highest BCUT2D eigenvalue weighted by Crippen LogP contribution is 2.32. The fourth-order valence-corrected chi connectivity index (χ4v) is 5.66. The number of hydrogen-bond acceptors (Lipinski definition) is 8. The number of hydrogen-bond donors (Lipinski definition) is 1. The number of nitro groups is 1. The lowest BCUT2D eigenvalue weighted by molar-refractivity contribution is -0.388. The minimum Gasteiger partial charge on any atom is -0.493 e. The number of sulfonamides is 1. The van der Waals surface area contributed by atoms with Gasteiger partial charge in [0.05, 0.1) is 26.4 Å². The topological polar surface area (TPSA) is 125 Å². The number of carbonyl (C=O) groups excluding carboxylic acids is 1. The number of nitrogens with zero attached hydrogens (tertiary/aromatic N) is 1. The summed E-state index contributed by atoms with van der Waals surface area (Å²) in [6, 6.07) is 8.91. The molecule has 0 atom stereocenters. The van der Waals surface area contributed by atoms with Crippen LogP contribution in [0.5, 0.6) is 11.5 Å². The molecule has 0 unspecified atom stereocenters. The molecule has 0 saturated carbocycles. The van der Waals surface area contributed by atoms with Crippen molar-refractivity contribution in [1.82, 2.24) is 4.72 Å². The van der Waals surface area contributed by atoms with E-state index in [1.165, 1.54) is 36.6 Å². The smallest absolute Gasteiger partial charge is 0.292 e. The average molecular weight is 624 g/mol. The van der Waals surface area contributed by atoms with Crippen molar-refractivity contribution in [2.24, 2.45) is 0 Å². The van der Waals surface area contributed by atoms with Crippen LogP contribution in [0.3, 0.4) is 0 Å². The van der Waals surface area contributed by atoms with Crippen molar-refractivity contribution in [3.8, 4) is 11.5 Å². The highest BCUT2D eigenvalue weighted by atomic mass is 79.9. The summed E-state index contributed by atoms with van der Waals surface area (Å²) in [7, 11) is -3.36. The van der Waals surface area contributed by atoms with Crippen molar-refractivity contribution in [2.75, 3.05) is 7.11 Å². The number of nitro benzene ring substituents is 1. The van der Waals surface area contributed by atoms with Crippen LogP contribution in [-0.4, -0.2) is 26.4 Å². The van der Waals surface area contributed by atoms with E-state index in [2.05, 4.69) is 31.9 Å². The van der Waals surface area contributed by atoms with Gasteiger partial charge in [0.2, 0.25) is 0 Å². The standard InChI is InChI=1S/C19H13Br2FN2O7S2/c1-30-16-6-10(2-4-15(16)31-9-11-3-5-18(21)32-11)19(25)23-33(28,29)17-7-12(20)13(22)8-14(17)24(26)27/h2-8H,9H2,1H3,(H,23,25). The van der Waals surface area contributed by atoms with Gasteiger partial charge in [-0.15, -0.1) is 11.3 Å². The van der Waals surface area contributed by atoms with Crippen molar-refractivity contribution in [3.63, 3.8) is 0 Å². The Kier molecular flexibility index (Phi) is 7.72. The van der Waals surface area contributed by atoms with Crippen LogP contribution in [0.1, 0.15) is 15.2 Å². The van der Waals surface area contributed by atoms with E-state index in [9.17, 15) is 27.7 Å². The molecule has 1 N–H and O–H groups in total. The zero-order valence-electron chi connectivity index (χ0n) is 16.5. The second-order valence-corrected chi connectivity index (χ2v) is 11.3. The van der Waals surface area contributed by atoms with E-state index in [0.29, 0.717) is 17.9 Å². The maximum atomic E-state index is 13.7. The van der Waals surface area contributed by atoms with Crippen molar-refractivity contribution in [2.45, 2.75) is 11.5 Å². The molecular formula is C19H13Br2FN2O7S2. The number of rotatable bonds is 8. The number of benzene rings is 2. The first-order chi connectivity index (χ1) is 15.5. The van der Waals surface area contributed by atoms with Crippen LogP contribution in [0.25, 0.3) is 0 Å². The third kappa shape index (κ3) is 5.88. The highest BCUT2D eigenvalue weighted by Gasteiger charge is 2.30. The Balaban J connectivity index is 1.84. The van der Waals surface area contributed by atoms with E-state index in [0.717, 1.165) is 8.66 Å². The van der Waals surface area contributed by atoms with Gasteiger partial charge in [-0.05, 0) is 68.3 Å². The summed E-state index contributed by atoms with van der Waals surface area (Å²) >= 11 is 7.63. The molecule has 0 saturated heterocycles. The largest absolute Gasteiger partial charge is 0.493 e. The first kappa shape index (κ1) is 25.1. The normalized spacial score (nSPS) is 11.2.